The van der Waals surface area contributed by atoms with E-state index in [1.165, 1.54) is 0 Å². The fourth-order valence-corrected chi connectivity index (χ4v) is 0. The summed E-state index contributed by atoms with van der Waals surface area (Å²) < 4.78 is 17.0. The Kier molecular flexibility index (Phi) is 31.0. The van der Waals surface area contributed by atoms with Crippen LogP contribution >= 0.6 is 0 Å². The zero-order chi connectivity index (χ0) is 6.28. The van der Waals surface area contributed by atoms with Gasteiger partial charge < -0.3 is 10.2 Å². The van der Waals surface area contributed by atoms with Gasteiger partial charge in [-0.2, -0.15) is 0 Å². The second-order valence-corrected chi connectivity index (χ2v) is 0.626. The summed E-state index contributed by atoms with van der Waals surface area (Å²) in [7, 11) is 0. The van der Waals surface area contributed by atoms with Crippen molar-refractivity contribution in [2.24, 2.45) is 0 Å². The molecule has 0 unspecified atom stereocenters. The third kappa shape index (κ3) is 601. The zero-order valence-electron chi connectivity index (χ0n) is 3.12. The predicted molar refractivity (Wildman–Crippen MR) is 19.2 cm³/mol. The standard InChI is InChI=1S/CH2O3.Na.2O.Ti.H/c2-1(3)4;;;;;/h(H2,2,3,4);;;;;. The maximum atomic E-state index is 8.56. The van der Waals surface area contributed by atoms with Crippen LogP contribution in [0.2, 0.25) is 0 Å². The second kappa shape index (κ2) is 15.6. The minimum atomic E-state index is -2.00. The number of rotatable bonds is 0. The average Bonchev–Trinajstić information content (AvgIpc) is 1.33. The van der Waals surface area contributed by atoms with Crippen LogP contribution in [0.4, 0.5) is 4.79 Å². The van der Waals surface area contributed by atoms with Crippen LogP contribution in [-0.4, -0.2) is 45.9 Å². The van der Waals surface area contributed by atoms with E-state index in [2.05, 4.69) is 0 Å². The van der Waals surface area contributed by atoms with Crippen LogP contribution in [-0.2, 0) is 25.7 Å². The van der Waals surface area contributed by atoms with Crippen molar-refractivity contribution in [2.75, 3.05) is 0 Å². The molecule has 0 rings (SSSR count). The molecule has 2 N–H and O–H groups in total. The Morgan fingerprint density at radius 3 is 1.25 bits per heavy atom. The van der Waals surface area contributed by atoms with Crippen LogP contribution in [0, 0.1) is 0 Å². The quantitative estimate of drug-likeness (QED) is 0.465. The number of hydrogen-bond donors (Lipinski definition) is 2. The van der Waals surface area contributed by atoms with Gasteiger partial charge in [0.15, 0.2) is 0 Å². The summed E-state index contributed by atoms with van der Waals surface area (Å²) in [6.45, 7) is 0. The van der Waals surface area contributed by atoms with E-state index < -0.39 is 25.2 Å². The molecule has 0 aliphatic rings. The molecule has 5 nitrogen and oxygen atoms in total. The molecule has 0 radical (unpaired) electrons. The monoisotopic (exact) mass is 166 g/mol. The summed E-state index contributed by atoms with van der Waals surface area (Å²) in [5, 5.41) is 13.9. The van der Waals surface area contributed by atoms with Gasteiger partial charge in [-0.3, -0.25) is 0 Å². The van der Waals surface area contributed by atoms with Gasteiger partial charge in [0.25, 0.3) is 0 Å². The van der Waals surface area contributed by atoms with E-state index in [-0.39, 0.29) is 29.6 Å². The molecule has 0 saturated carbocycles. The molecule has 0 saturated heterocycles. The molecular weight excluding hydrogens is 163 g/mol. The molecule has 8 heavy (non-hydrogen) atoms. The zero-order valence-corrected chi connectivity index (χ0v) is 4.68. The third-order valence-electron chi connectivity index (χ3n) is 0. The first-order valence-corrected chi connectivity index (χ1v) is 2.33. The Morgan fingerprint density at radius 1 is 1.25 bits per heavy atom. The van der Waals surface area contributed by atoms with E-state index in [9.17, 15) is 0 Å². The molecule has 0 bridgehead atoms. The van der Waals surface area contributed by atoms with Crippen molar-refractivity contribution >= 4 is 35.7 Å². The SMILES string of the molecule is O=C(O)O.[NaH].[O]=[Ti]=[O]. The van der Waals surface area contributed by atoms with Crippen molar-refractivity contribution < 1.29 is 40.7 Å². The van der Waals surface area contributed by atoms with E-state index >= 15 is 0 Å². The molecule has 0 amide bonds. The summed E-state index contributed by atoms with van der Waals surface area (Å²) in [5.74, 6) is 0. The van der Waals surface area contributed by atoms with E-state index in [0.29, 0.717) is 0 Å². The van der Waals surface area contributed by atoms with Gasteiger partial charge in [0.1, 0.15) is 0 Å². The molecule has 42 valence electrons. The Morgan fingerprint density at radius 2 is 1.25 bits per heavy atom. The summed E-state index contributed by atoms with van der Waals surface area (Å²) in [5.41, 5.74) is 0. The molecule has 0 aromatic rings. The number of hydrogen-bond acceptors (Lipinski definition) is 3. The average molecular weight is 166 g/mol. The molecule has 0 heterocycles. The fraction of sp³-hybridized carbons (Fsp3) is 0. The maximum absolute atomic E-state index is 8.56. The Balaban J connectivity index is -0.0000000575. The third-order valence-corrected chi connectivity index (χ3v) is 0. The first-order valence-electron chi connectivity index (χ1n) is 1.06. The van der Waals surface area contributed by atoms with E-state index in [4.69, 9.17) is 21.7 Å². The van der Waals surface area contributed by atoms with Crippen molar-refractivity contribution in [1.29, 1.82) is 0 Å². The summed E-state index contributed by atoms with van der Waals surface area (Å²) in [6, 6.07) is 0. The van der Waals surface area contributed by atoms with E-state index in [1.807, 2.05) is 0 Å². The van der Waals surface area contributed by atoms with Gasteiger partial charge in [-0.1, -0.05) is 0 Å². The Hall–Kier alpha value is 0.584. The van der Waals surface area contributed by atoms with Gasteiger partial charge in [-0.05, 0) is 0 Å². The first-order chi connectivity index (χ1) is 3.15. The first kappa shape index (κ1) is 15.8. The topological polar surface area (TPSA) is 91.7 Å². The molecule has 0 spiro atoms. The van der Waals surface area contributed by atoms with E-state index in [0.717, 1.165) is 0 Å². The van der Waals surface area contributed by atoms with Gasteiger partial charge in [0.05, 0.1) is 0 Å². The molecule has 0 atom stereocenters. The molecule has 0 aliphatic carbocycles. The molecule has 0 aliphatic heterocycles. The summed E-state index contributed by atoms with van der Waals surface area (Å²) in [6.07, 6.45) is -1.83. The number of carboxylic acid groups (broad SMARTS) is 2. The van der Waals surface area contributed by atoms with Gasteiger partial charge >= 0.3 is 61.5 Å². The summed E-state index contributed by atoms with van der Waals surface area (Å²) >= 11 is -2.00. The van der Waals surface area contributed by atoms with Crippen LogP contribution in [0.1, 0.15) is 0 Å². The molecule has 7 heteroatoms. The van der Waals surface area contributed by atoms with Gasteiger partial charge in [0.2, 0.25) is 0 Å². The molecule has 0 aromatic carbocycles. The van der Waals surface area contributed by atoms with Crippen molar-refractivity contribution in [3.8, 4) is 0 Å². The van der Waals surface area contributed by atoms with Gasteiger partial charge in [0, 0.05) is 0 Å². The van der Waals surface area contributed by atoms with Gasteiger partial charge in [-0.15, -0.1) is 0 Å². The van der Waals surface area contributed by atoms with E-state index in [1.54, 1.807) is 0 Å². The second-order valence-electron chi connectivity index (χ2n) is 0.366. The molecule has 0 fully saturated rings. The Labute approximate surface area is 75.9 Å². The van der Waals surface area contributed by atoms with Crippen molar-refractivity contribution in [3.63, 3.8) is 0 Å². The van der Waals surface area contributed by atoms with Gasteiger partial charge in [-0.25, -0.2) is 4.79 Å². The number of carbonyl (C=O) groups is 1. The van der Waals surface area contributed by atoms with Crippen LogP contribution in [0.3, 0.4) is 0 Å². The van der Waals surface area contributed by atoms with Crippen LogP contribution in [0.15, 0.2) is 0 Å². The Bertz CT molecular complexity index is 80.4. The van der Waals surface area contributed by atoms with Crippen LogP contribution < -0.4 is 0 Å². The molecule has 0 aromatic heterocycles. The van der Waals surface area contributed by atoms with Crippen molar-refractivity contribution in [2.45, 2.75) is 0 Å². The summed E-state index contributed by atoms with van der Waals surface area (Å²) in [4.78, 5) is 8.56. The molecular formula is CH3NaO5Ti. The normalized spacial score (nSPS) is 4.00. The minimum absolute atomic E-state index is 0. The van der Waals surface area contributed by atoms with Crippen LogP contribution in [0.5, 0.6) is 0 Å². The fourth-order valence-electron chi connectivity index (χ4n) is 0. The predicted octanol–water partition coefficient (Wildman–Crippen LogP) is -0.666. The van der Waals surface area contributed by atoms with Crippen molar-refractivity contribution in [1.82, 2.24) is 0 Å². The van der Waals surface area contributed by atoms with Crippen LogP contribution in [0.25, 0.3) is 0 Å². The van der Waals surface area contributed by atoms with Crippen molar-refractivity contribution in [3.05, 3.63) is 0 Å².